The molecular formula is C18H23N5O. The van der Waals surface area contributed by atoms with Crippen LogP contribution in [0.25, 0.3) is 11.2 Å². The van der Waals surface area contributed by atoms with Gasteiger partial charge in [-0.1, -0.05) is 12.2 Å². The molecule has 0 bridgehead atoms. The topological polar surface area (TPSA) is 63.9 Å². The van der Waals surface area contributed by atoms with Crippen LogP contribution in [0.1, 0.15) is 43.7 Å². The summed E-state index contributed by atoms with van der Waals surface area (Å²) in [6.07, 6.45) is 12.7. The van der Waals surface area contributed by atoms with Crippen molar-refractivity contribution in [3.05, 3.63) is 30.2 Å². The molecule has 0 spiro atoms. The van der Waals surface area contributed by atoms with E-state index in [1.165, 1.54) is 0 Å². The molecule has 6 heteroatoms. The monoisotopic (exact) mass is 325 g/mol. The lowest BCUT2D eigenvalue weighted by molar-refractivity contribution is -0.137. The van der Waals surface area contributed by atoms with E-state index in [0.29, 0.717) is 5.91 Å². The molecule has 1 aliphatic carbocycles. The number of likely N-dealkylation sites (tertiary alicyclic amines) is 1. The molecule has 1 fully saturated rings. The second-order valence-electron chi connectivity index (χ2n) is 6.84. The summed E-state index contributed by atoms with van der Waals surface area (Å²) in [5.41, 5.74) is 2.68. The number of carbonyl (C=O) groups is 1. The smallest absolute Gasteiger partial charge is 0.226 e. The normalized spacial score (nSPS) is 24.5. The van der Waals surface area contributed by atoms with Crippen LogP contribution < -0.4 is 0 Å². The van der Waals surface area contributed by atoms with Crippen molar-refractivity contribution in [1.29, 1.82) is 0 Å². The van der Waals surface area contributed by atoms with Gasteiger partial charge in [-0.05, 0) is 32.1 Å². The van der Waals surface area contributed by atoms with Crippen LogP contribution in [0.4, 0.5) is 0 Å². The Labute approximate surface area is 141 Å². The number of hydrogen-bond donors (Lipinski definition) is 0. The fourth-order valence-corrected chi connectivity index (χ4v) is 3.96. The van der Waals surface area contributed by atoms with Crippen LogP contribution in [0.15, 0.2) is 24.5 Å². The van der Waals surface area contributed by atoms with Gasteiger partial charge in [0.1, 0.15) is 5.52 Å². The second kappa shape index (κ2) is 6.34. The van der Waals surface area contributed by atoms with E-state index in [9.17, 15) is 4.79 Å². The molecule has 1 saturated heterocycles. The van der Waals surface area contributed by atoms with Gasteiger partial charge in [0.15, 0.2) is 5.65 Å². The molecule has 126 valence electrons. The highest BCUT2D eigenvalue weighted by molar-refractivity contribution is 5.79. The average molecular weight is 325 g/mol. The lowest BCUT2D eigenvalue weighted by Gasteiger charge is -2.34. The fraction of sp³-hybridized carbons (Fsp3) is 0.556. The second-order valence-corrected chi connectivity index (χ2v) is 6.84. The van der Waals surface area contributed by atoms with Crippen LogP contribution in [0.3, 0.4) is 0 Å². The maximum Gasteiger partial charge on any atom is 0.226 e. The zero-order valence-corrected chi connectivity index (χ0v) is 14.1. The molecule has 1 amide bonds. The van der Waals surface area contributed by atoms with Gasteiger partial charge in [0, 0.05) is 44.4 Å². The minimum atomic E-state index is 0.161. The summed E-state index contributed by atoms with van der Waals surface area (Å²) < 4.78 is 1.80. The largest absolute Gasteiger partial charge is 0.342 e. The third kappa shape index (κ3) is 2.70. The third-order valence-corrected chi connectivity index (χ3v) is 5.22. The molecule has 24 heavy (non-hydrogen) atoms. The number of piperidine rings is 1. The summed E-state index contributed by atoms with van der Waals surface area (Å²) in [6, 6.07) is 0. The Morgan fingerprint density at radius 2 is 2.08 bits per heavy atom. The number of aryl methyl sites for hydroxylation is 1. The van der Waals surface area contributed by atoms with E-state index >= 15 is 0 Å². The van der Waals surface area contributed by atoms with Gasteiger partial charge in [-0.25, -0.2) is 14.6 Å². The number of carbonyl (C=O) groups excluding carboxylic acids is 1. The zero-order chi connectivity index (χ0) is 16.5. The first kappa shape index (κ1) is 15.3. The van der Waals surface area contributed by atoms with Crippen molar-refractivity contribution in [3.8, 4) is 0 Å². The van der Waals surface area contributed by atoms with Crippen molar-refractivity contribution < 1.29 is 4.79 Å². The summed E-state index contributed by atoms with van der Waals surface area (Å²) >= 11 is 0. The molecule has 2 aromatic heterocycles. The van der Waals surface area contributed by atoms with Crippen LogP contribution in [-0.2, 0) is 11.8 Å². The van der Waals surface area contributed by atoms with Crippen molar-refractivity contribution >= 4 is 17.1 Å². The molecule has 0 unspecified atom stereocenters. The predicted octanol–water partition coefficient (Wildman–Crippen LogP) is 2.43. The first-order chi connectivity index (χ1) is 11.7. The van der Waals surface area contributed by atoms with Crippen LogP contribution >= 0.6 is 0 Å². The lowest BCUT2D eigenvalue weighted by atomic mass is 9.90. The summed E-state index contributed by atoms with van der Waals surface area (Å²) in [7, 11) is 1.90. The van der Waals surface area contributed by atoms with Gasteiger partial charge in [-0.15, -0.1) is 0 Å². The zero-order valence-electron chi connectivity index (χ0n) is 14.1. The maximum absolute atomic E-state index is 12.8. The predicted molar refractivity (Wildman–Crippen MR) is 91.3 cm³/mol. The number of amides is 1. The fourth-order valence-electron chi connectivity index (χ4n) is 3.96. The van der Waals surface area contributed by atoms with Gasteiger partial charge in [0.05, 0.1) is 5.69 Å². The molecule has 0 N–H and O–H groups in total. The van der Waals surface area contributed by atoms with Gasteiger partial charge in [0.2, 0.25) is 5.91 Å². The van der Waals surface area contributed by atoms with Gasteiger partial charge >= 0.3 is 0 Å². The van der Waals surface area contributed by atoms with Gasteiger partial charge in [-0.2, -0.15) is 5.10 Å². The summed E-state index contributed by atoms with van der Waals surface area (Å²) in [5, 5.41) is 4.66. The van der Waals surface area contributed by atoms with E-state index in [0.717, 1.165) is 62.1 Å². The van der Waals surface area contributed by atoms with Gasteiger partial charge in [-0.3, -0.25) is 4.79 Å². The van der Waals surface area contributed by atoms with Crippen LogP contribution in [-0.4, -0.2) is 43.6 Å². The molecular weight excluding hydrogens is 302 g/mol. The number of allylic oxidation sites excluding steroid dienone is 2. The molecule has 2 aromatic rings. The number of hydrogen-bond acceptors (Lipinski definition) is 4. The molecule has 0 aromatic carbocycles. The van der Waals surface area contributed by atoms with E-state index < -0.39 is 0 Å². The highest BCUT2D eigenvalue weighted by atomic mass is 16.2. The van der Waals surface area contributed by atoms with Gasteiger partial charge in [0.25, 0.3) is 0 Å². The summed E-state index contributed by atoms with van der Waals surface area (Å²) in [6.45, 7) is 1.62. The van der Waals surface area contributed by atoms with Crippen LogP contribution in [0, 0.1) is 5.92 Å². The SMILES string of the molecule is Cn1nc([C@H]2CCCN(C(=O)[C@@H]3CC=CCC3)C2)c2nccnc21. The molecule has 1 aliphatic heterocycles. The van der Waals surface area contributed by atoms with E-state index in [1.807, 2.05) is 7.05 Å². The van der Waals surface area contributed by atoms with Crippen LogP contribution in [0.2, 0.25) is 0 Å². The van der Waals surface area contributed by atoms with Crippen LogP contribution in [0.5, 0.6) is 0 Å². The number of fused-ring (bicyclic) bond motifs is 1. The van der Waals surface area contributed by atoms with E-state index in [1.54, 1.807) is 17.1 Å². The third-order valence-electron chi connectivity index (χ3n) is 5.22. The van der Waals surface area contributed by atoms with E-state index in [2.05, 4.69) is 32.1 Å². The molecule has 0 radical (unpaired) electrons. The molecule has 3 heterocycles. The van der Waals surface area contributed by atoms with Crippen molar-refractivity contribution in [2.24, 2.45) is 13.0 Å². The number of nitrogens with zero attached hydrogens (tertiary/aromatic N) is 5. The summed E-state index contributed by atoms with van der Waals surface area (Å²) in [5.74, 6) is 0.728. The van der Waals surface area contributed by atoms with Crippen molar-refractivity contribution in [1.82, 2.24) is 24.6 Å². The Kier molecular flexibility index (Phi) is 4.04. The lowest BCUT2D eigenvalue weighted by Crippen LogP contribution is -2.42. The Balaban J connectivity index is 1.56. The number of aromatic nitrogens is 4. The first-order valence-corrected chi connectivity index (χ1v) is 8.81. The maximum atomic E-state index is 12.8. The minimum Gasteiger partial charge on any atom is -0.342 e. The molecule has 6 nitrogen and oxygen atoms in total. The number of rotatable bonds is 2. The minimum absolute atomic E-state index is 0.161. The van der Waals surface area contributed by atoms with Crippen molar-refractivity contribution in [2.75, 3.05) is 13.1 Å². The Morgan fingerprint density at radius 1 is 1.21 bits per heavy atom. The average Bonchev–Trinajstić information content (AvgIpc) is 2.99. The first-order valence-electron chi connectivity index (χ1n) is 8.81. The van der Waals surface area contributed by atoms with Crippen molar-refractivity contribution in [2.45, 2.75) is 38.0 Å². The molecule has 4 rings (SSSR count). The quantitative estimate of drug-likeness (QED) is 0.796. The summed E-state index contributed by atoms with van der Waals surface area (Å²) in [4.78, 5) is 23.7. The van der Waals surface area contributed by atoms with Gasteiger partial charge < -0.3 is 4.90 Å². The molecule has 2 atom stereocenters. The van der Waals surface area contributed by atoms with E-state index in [4.69, 9.17) is 0 Å². The highest BCUT2D eigenvalue weighted by Gasteiger charge is 2.31. The van der Waals surface area contributed by atoms with E-state index in [-0.39, 0.29) is 11.8 Å². The standard InChI is InChI=1S/C18H23N5O/c1-22-17-16(19-9-10-20-17)15(21-22)14-8-5-11-23(12-14)18(24)13-6-3-2-4-7-13/h2-3,9-10,13-14H,4-8,11-12H2,1H3/t13-,14+/m1/s1. The molecule has 2 aliphatic rings. The Bertz CT molecular complexity index is 781. The highest BCUT2D eigenvalue weighted by Crippen LogP contribution is 2.31. The Hall–Kier alpha value is -2.24. The Morgan fingerprint density at radius 3 is 2.92 bits per heavy atom. The molecule has 0 saturated carbocycles. The van der Waals surface area contributed by atoms with Crippen molar-refractivity contribution in [3.63, 3.8) is 0 Å².